The molecular formula is C24H22F6N4O2. The van der Waals surface area contributed by atoms with Crippen molar-refractivity contribution < 1.29 is 26.3 Å². The predicted molar refractivity (Wildman–Crippen MR) is 122 cm³/mol. The molecule has 0 spiro atoms. The van der Waals surface area contributed by atoms with Crippen molar-refractivity contribution in [2.24, 2.45) is 14.1 Å². The van der Waals surface area contributed by atoms with E-state index in [-0.39, 0.29) is 11.1 Å². The number of aromatic nitrogens is 4. The summed E-state index contributed by atoms with van der Waals surface area (Å²) in [5.41, 5.74) is 0.355. The van der Waals surface area contributed by atoms with Crippen LogP contribution in [0.2, 0.25) is 0 Å². The Morgan fingerprint density at radius 3 is 1.22 bits per heavy atom. The van der Waals surface area contributed by atoms with Crippen molar-refractivity contribution in [1.82, 2.24) is 19.6 Å². The van der Waals surface area contributed by atoms with Gasteiger partial charge in [0.25, 0.3) is 11.1 Å². The molecule has 36 heavy (non-hydrogen) atoms. The number of hydrogen-bond donors (Lipinski definition) is 2. The molecule has 0 aliphatic carbocycles. The molecule has 0 unspecified atom stereocenters. The average Bonchev–Trinajstić information content (AvgIpc) is 3.23. The molecule has 0 fully saturated rings. The first-order chi connectivity index (χ1) is 16.6. The molecule has 12 heteroatoms. The maximum Gasteiger partial charge on any atom is 0.416 e. The van der Waals surface area contributed by atoms with Crippen LogP contribution >= 0.6 is 0 Å². The van der Waals surface area contributed by atoms with Gasteiger partial charge in [-0.1, -0.05) is 24.3 Å². The number of hydrogen-bond acceptors (Lipinski definition) is 2. The Balaban J connectivity index is 0.000000201. The van der Waals surface area contributed by atoms with Gasteiger partial charge >= 0.3 is 12.4 Å². The van der Waals surface area contributed by atoms with Gasteiger partial charge in [0.1, 0.15) is 0 Å². The summed E-state index contributed by atoms with van der Waals surface area (Å²) in [4.78, 5) is 23.1. The predicted octanol–water partition coefficient (Wildman–Crippen LogP) is 5.42. The highest BCUT2D eigenvalue weighted by Crippen LogP contribution is 2.33. The number of nitrogens with one attached hydrogen (secondary N) is 2. The molecule has 0 amide bonds. The van der Waals surface area contributed by atoms with E-state index in [1.54, 1.807) is 13.8 Å². The van der Waals surface area contributed by atoms with Crippen molar-refractivity contribution in [3.8, 4) is 22.5 Å². The zero-order valence-corrected chi connectivity index (χ0v) is 19.6. The Labute approximate surface area is 200 Å². The summed E-state index contributed by atoms with van der Waals surface area (Å²) in [6, 6.07) is 9.77. The van der Waals surface area contributed by atoms with Crippen molar-refractivity contribution in [2.45, 2.75) is 26.2 Å². The number of H-pyrrole nitrogens is 2. The molecule has 192 valence electrons. The summed E-state index contributed by atoms with van der Waals surface area (Å²) in [6.45, 7) is 3.16. The van der Waals surface area contributed by atoms with Crippen molar-refractivity contribution in [2.75, 3.05) is 0 Å². The first-order valence-electron chi connectivity index (χ1n) is 10.5. The monoisotopic (exact) mass is 512 g/mol. The average molecular weight is 512 g/mol. The molecule has 0 radical (unpaired) electrons. The standard InChI is InChI=1S/2C12H11F3N2O/c2*1-7-10(16-17(2)11(7)18)8-4-3-5-9(6-8)12(13,14)15/h2*3-6,16H,1-2H3. The van der Waals surface area contributed by atoms with Gasteiger partial charge in [-0.2, -0.15) is 26.3 Å². The fourth-order valence-corrected chi connectivity index (χ4v) is 3.59. The van der Waals surface area contributed by atoms with Crippen LogP contribution in [0.3, 0.4) is 0 Å². The SMILES string of the molecule is Cc1c(-c2cccc(C(F)(F)F)c2)[nH]n(C)c1=O.Cc1c(-c2cccc(C(F)(F)F)c2)[nH]n(C)c1=O. The van der Waals surface area contributed by atoms with Crippen LogP contribution in [0.25, 0.3) is 22.5 Å². The van der Waals surface area contributed by atoms with Gasteiger partial charge in [0.05, 0.1) is 22.5 Å². The highest BCUT2D eigenvalue weighted by atomic mass is 19.4. The van der Waals surface area contributed by atoms with E-state index < -0.39 is 23.5 Å². The van der Waals surface area contributed by atoms with Crippen LogP contribution in [-0.4, -0.2) is 19.6 Å². The fourth-order valence-electron chi connectivity index (χ4n) is 3.59. The van der Waals surface area contributed by atoms with Gasteiger partial charge < -0.3 is 0 Å². The molecule has 2 heterocycles. The second-order valence-corrected chi connectivity index (χ2v) is 8.11. The third-order valence-electron chi connectivity index (χ3n) is 5.52. The summed E-state index contributed by atoms with van der Waals surface area (Å²) in [7, 11) is 3.04. The minimum atomic E-state index is -4.39. The summed E-state index contributed by atoms with van der Waals surface area (Å²) >= 11 is 0. The van der Waals surface area contributed by atoms with E-state index in [4.69, 9.17) is 0 Å². The lowest BCUT2D eigenvalue weighted by Crippen LogP contribution is -2.12. The molecule has 4 rings (SSSR count). The summed E-state index contributed by atoms with van der Waals surface area (Å²) < 4.78 is 78.0. The molecule has 2 aromatic carbocycles. The Morgan fingerprint density at radius 2 is 0.972 bits per heavy atom. The minimum Gasteiger partial charge on any atom is -0.295 e. The second-order valence-electron chi connectivity index (χ2n) is 8.11. The van der Waals surface area contributed by atoms with Crippen LogP contribution in [0.15, 0.2) is 58.1 Å². The Bertz CT molecular complexity index is 1390. The molecule has 2 aromatic heterocycles. The van der Waals surface area contributed by atoms with Gasteiger partial charge in [0, 0.05) is 36.3 Å². The normalized spacial score (nSPS) is 11.8. The molecular weight excluding hydrogens is 490 g/mol. The van der Waals surface area contributed by atoms with E-state index >= 15 is 0 Å². The van der Waals surface area contributed by atoms with Gasteiger partial charge in [-0.3, -0.25) is 29.2 Å². The fraction of sp³-hybridized carbons (Fsp3) is 0.250. The largest absolute Gasteiger partial charge is 0.416 e. The van der Waals surface area contributed by atoms with Crippen LogP contribution in [0.1, 0.15) is 22.3 Å². The van der Waals surface area contributed by atoms with E-state index in [0.717, 1.165) is 24.3 Å². The molecule has 0 aliphatic heterocycles. The first-order valence-corrected chi connectivity index (χ1v) is 10.5. The molecule has 6 nitrogen and oxygen atoms in total. The Hall–Kier alpha value is -3.96. The molecule has 0 bridgehead atoms. The lowest BCUT2D eigenvalue weighted by molar-refractivity contribution is -0.138. The molecule has 0 atom stereocenters. The summed E-state index contributed by atoms with van der Waals surface area (Å²) in [5.74, 6) is 0. The van der Waals surface area contributed by atoms with Crippen LogP contribution in [0.4, 0.5) is 26.3 Å². The number of nitrogens with zero attached hydrogens (tertiary/aromatic N) is 2. The van der Waals surface area contributed by atoms with Gasteiger partial charge in [-0.25, -0.2) is 0 Å². The van der Waals surface area contributed by atoms with Crippen LogP contribution in [0.5, 0.6) is 0 Å². The van der Waals surface area contributed by atoms with Crippen LogP contribution < -0.4 is 11.1 Å². The van der Waals surface area contributed by atoms with Crippen LogP contribution in [0, 0.1) is 13.8 Å². The Kier molecular flexibility index (Phi) is 7.10. The van der Waals surface area contributed by atoms with E-state index in [1.165, 1.54) is 47.7 Å². The number of halogens is 6. The van der Waals surface area contributed by atoms with E-state index in [2.05, 4.69) is 10.2 Å². The zero-order chi connectivity index (χ0) is 27.0. The van der Waals surface area contributed by atoms with E-state index in [9.17, 15) is 35.9 Å². The smallest absolute Gasteiger partial charge is 0.295 e. The summed E-state index contributed by atoms with van der Waals surface area (Å²) in [5, 5.41) is 5.49. The Morgan fingerprint density at radius 1 is 0.639 bits per heavy atom. The van der Waals surface area contributed by atoms with Crippen molar-refractivity contribution in [3.63, 3.8) is 0 Å². The summed E-state index contributed by atoms with van der Waals surface area (Å²) in [6.07, 6.45) is -8.78. The third-order valence-corrected chi connectivity index (χ3v) is 5.52. The maximum atomic E-state index is 12.6. The third kappa shape index (κ3) is 5.47. The molecule has 0 saturated carbocycles. The van der Waals surface area contributed by atoms with Crippen LogP contribution in [-0.2, 0) is 26.4 Å². The van der Waals surface area contributed by atoms with Gasteiger partial charge in [-0.05, 0) is 38.1 Å². The lowest BCUT2D eigenvalue weighted by Gasteiger charge is -2.08. The van der Waals surface area contributed by atoms with Gasteiger partial charge in [-0.15, -0.1) is 0 Å². The first kappa shape index (κ1) is 26.6. The number of aromatic amines is 2. The van der Waals surface area contributed by atoms with Crippen molar-refractivity contribution in [1.29, 1.82) is 0 Å². The maximum absolute atomic E-state index is 12.6. The van der Waals surface area contributed by atoms with Gasteiger partial charge in [0.2, 0.25) is 0 Å². The second kappa shape index (κ2) is 9.59. The highest BCUT2D eigenvalue weighted by molar-refractivity contribution is 5.64. The minimum absolute atomic E-state index is 0.248. The van der Waals surface area contributed by atoms with Gasteiger partial charge in [0.15, 0.2) is 0 Å². The topological polar surface area (TPSA) is 75.6 Å². The number of aryl methyl sites for hydroxylation is 2. The molecule has 4 aromatic rings. The molecule has 0 saturated heterocycles. The zero-order valence-electron chi connectivity index (χ0n) is 19.6. The highest BCUT2D eigenvalue weighted by Gasteiger charge is 2.31. The van der Waals surface area contributed by atoms with Crippen molar-refractivity contribution >= 4 is 0 Å². The van der Waals surface area contributed by atoms with E-state index in [0.29, 0.717) is 33.6 Å². The quantitative estimate of drug-likeness (QED) is 0.352. The number of alkyl halides is 6. The lowest BCUT2D eigenvalue weighted by atomic mass is 10.1. The molecule has 0 aliphatic rings. The molecule has 2 N–H and O–H groups in total. The van der Waals surface area contributed by atoms with Crippen molar-refractivity contribution in [3.05, 3.63) is 91.5 Å². The number of benzene rings is 2. The number of rotatable bonds is 2. The van der Waals surface area contributed by atoms with E-state index in [1.807, 2.05) is 0 Å².